The van der Waals surface area contributed by atoms with E-state index in [0.29, 0.717) is 57.0 Å². The highest BCUT2D eigenvalue weighted by Gasteiger charge is 2.28. The molecule has 322 valence electrons. The van der Waals surface area contributed by atoms with Gasteiger partial charge in [0.1, 0.15) is 11.6 Å². The third-order valence-electron chi connectivity index (χ3n) is 10.6. The molecule has 4 aromatic heterocycles. The summed E-state index contributed by atoms with van der Waals surface area (Å²) in [5.74, 6) is -2.07. The zero-order valence-electron chi connectivity index (χ0n) is 33.4. The maximum absolute atomic E-state index is 14.6. The Balaban J connectivity index is 0.000000189. The van der Waals surface area contributed by atoms with Crippen LogP contribution in [0.5, 0.6) is 0 Å². The Morgan fingerprint density at radius 1 is 0.698 bits per heavy atom. The number of benzene rings is 2. The van der Waals surface area contributed by atoms with E-state index in [1.54, 1.807) is 36.9 Å². The predicted molar refractivity (Wildman–Crippen MR) is 242 cm³/mol. The predicted octanol–water partition coefficient (Wildman–Crippen LogP) is 7.73. The van der Waals surface area contributed by atoms with Crippen molar-refractivity contribution in [1.82, 2.24) is 41.2 Å². The van der Waals surface area contributed by atoms with Gasteiger partial charge in [-0.2, -0.15) is 0 Å². The minimum absolute atomic E-state index is 0.00986. The van der Waals surface area contributed by atoms with E-state index in [4.69, 9.17) is 52.7 Å². The summed E-state index contributed by atoms with van der Waals surface area (Å²) in [7, 11) is 1.29. The average molecular weight is 928 g/mol. The quantitative estimate of drug-likeness (QED) is 0.0745. The third kappa shape index (κ3) is 10.5. The summed E-state index contributed by atoms with van der Waals surface area (Å²) in [5.41, 5.74) is 8.33. The number of nitrogens with zero attached hydrogens (tertiary/aromatic N) is 4. The molecule has 0 aliphatic heterocycles. The molecule has 0 spiro atoms. The van der Waals surface area contributed by atoms with Crippen LogP contribution in [0.15, 0.2) is 97.8 Å². The number of hydrogen-bond donors (Lipinski definition) is 5. The Labute approximate surface area is 381 Å². The second kappa shape index (κ2) is 20.3. The first-order chi connectivity index (χ1) is 30.4. The fraction of sp³-hybridized carbons (Fsp3) is 0.200. The second-order valence-corrected chi connectivity index (χ2v) is 16.0. The molecule has 0 fully saturated rings. The molecule has 5 N–H and O–H groups in total. The largest absolute Gasteiger partial charge is 0.478 e. The second-order valence-electron chi connectivity index (χ2n) is 14.4. The number of halogens is 4. The molecular formula is C45H38Cl2F2N8O4S2. The molecule has 2 aromatic carbocycles. The number of aryl methyl sites for hydroxylation is 2. The highest BCUT2D eigenvalue weighted by molar-refractivity contribution is 7.80. The summed E-state index contributed by atoms with van der Waals surface area (Å²) >= 11 is 23.4. The lowest BCUT2D eigenvalue weighted by molar-refractivity contribution is 0.0599. The van der Waals surface area contributed by atoms with Gasteiger partial charge in [0.2, 0.25) is 0 Å². The van der Waals surface area contributed by atoms with E-state index in [-0.39, 0.29) is 53.0 Å². The Kier molecular flexibility index (Phi) is 14.5. The van der Waals surface area contributed by atoms with Crippen molar-refractivity contribution >= 4 is 69.8 Å². The Morgan fingerprint density at radius 2 is 1.16 bits per heavy atom. The van der Waals surface area contributed by atoms with Crippen molar-refractivity contribution in [2.24, 2.45) is 0 Å². The maximum atomic E-state index is 14.6. The molecule has 18 heteroatoms. The number of carboxylic acids is 1. The zero-order chi connectivity index (χ0) is 44.6. The van der Waals surface area contributed by atoms with Crippen LogP contribution in [0.25, 0.3) is 0 Å². The molecular weight excluding hydrogens is 890 g/mol. The Hall–Kier alpha value is -6.20. The van der Waals surface area contributed by atoms with E-state index in [2.05, 4.69) is 45.9 Å². The van der Waals surface area contributed by atoms with Crippen LogP contribution < -0.4 is 21.3 Å². The molecule has 2 aliphatic carbocycles. The highest BCUT2D eigenvalue weighted by atomic mass is 35.5. The minimum atomic E-state index is -1.10. The molecule has 0 bridgehead atoms. The summed E-state index contributed by atoms with van der Waals surface area (Å²) < 4.78 is 33.8. The monoisotopic (exact) mass is 926 g/mol. The molecule has 4 heterocycles. The molecule has 0 saturated carbocycles. The van der Waals surface area contributed by atoms with Crippen LogP contribution >= 0.6 is 47.6 Å². The number of fused-ring (bicyclic) bond motifs is 4. The molecule has 0 saturated heterocycles. The maximum Gasteiger partial charge on any atom is 0.339 e. The van der Waals surface area contributed by atoms with E-state index in [0.717, 1.165) is 39.8 Å². The van der Waals surface area contributed by atoms with Crippen LogP contribution in [0.3, 0.4) is 0 Å². The van der Waals surface area contributed by atoms with Gasteiger partial charge in [0, 0.05) is 48.3 Å². The number of esters is 1. The summed E-state index contributed by atoms with van der Waals surface area (Å²) in [5, 5.41) is 23.0. The number of thiocarbonyl (C=S) groups is 2. The third-order valence-corrected chi connectivity index (χ3v) is 11.8. The number of hydrogen-bond acceptors (Lipinski definition) is 9. The minimum Gasteiger partial charge on any atom is -0.478 e. The van der Waals surface area contributed by atoms with Crippen molar-refractivity contribution in [3.05, 3.63) is 187 Å². The van der Waals surface area contributed by atoms with Gasteiger partial charge < -0.3 is 31.1 Å². The van der Waals surface area contributed by atoms with E-state index in [1.807, 2.05) is 24.3 Å². The van der Waals surface area contributed by atoms with Gasteiger partial charge in [-0.1, -0.05) is 47.5 Å². The van der Waals surface area contributed by atoms with Crippen LogP contribution in [0, 0.1) is 11.6 Å². The number of carbonyl (C=O) groups is 2. The van der Waals surface area contributed by atoms with Crippen LogP contribution in [0.1, 0.15) is 88.7 Å². The normalized spacial score (nSPS) is 14.6. The number of carbonyl (C=O) groups excluding carboxylic acids is 1. The van der Waals surface area contributed by atoms with E-state index < -0.39 is 11.9 Å². The molecule has 12 nitrogen and oxygen atoms in total. The smallest absolute Gasteiger partial charge is 0.339 e. The van der Waals surface area contributed by atoms with E-state index >= 15 is 0 Å². The topological polar surface area (TPSA) is 163 Å². The average Bonchev–Trinajstić information content (AvgIpc) is 3.54. The van der Waals surface area contributed by atoms with E-state index in [1.165, 1.54) is 43.8 Å². The van der Waals surface area contributed by atoms with Crippen LogP contribution in [0.2, 0.25) is 10.0 Å². The Bertz CT molecular complexity index is 2730. The van der Waals surface area contributed by atoms with Gasteiger partial charge in [0.15, 0.2) is 10.2 Å². The van der Waals surface area contributed by atoms with Gasteiger partial charge in [0.05, 0.1) is 64.8 Å². The van der Waals surface area contributed by atoms with Gasteiger partial charge >= 0.3 is 11.9 Å². The lowest BCUT2D eigenvalue weighted by Gasteiger charge is -2.23. The van der Waals surface area contributed by atoms with Gasteiger partial charge in [0.25, 0.3) is 0 Å². The summed E-state index contributed by atoms with van der Waals surface area (Å²) in [6.45, 7) is 0.446. The van der Waals surface area contributed by atoms with Crippen LogP contribution in [-0.4, -0.2) is 54.3 Å². The lowest BCUT2D eigenvalue weighted by Crippen LogP contribution is -2.38. The van der Waals surface area contributed by atoms with Gasteiger partial charge in [-0.15, -0.1) is 0 Å². The van der Waals surface area contributed by atoms with Crippen LogP contribution in [-0.2, 0) is 43.5 Å². The summed E-state index contributed by atoms with van der Waals surface area (Å²) in [6.07, 6.45) is 12.3. The van der Waals surface area contributed by atoms with Gasteiger partial charge in [-0.25, -0.2) is 18.4 Å². The number of methoxy groups -OCH3 is 1. The number of ether oxygens (including phenoxy) is 1. The lowest BCUT2D eigenvalue weighted by atomic mass is 9.96. The highest BCUT2D eigenvalue weighted by Crippen LogP contribution is 2.35. The fourth-order valence-electron chi connectivity index (χ4n) is 7.46. The van der Waals surface area contributed by atoms with Crippen molar-refractivity contribution in [2.75, 3.05) is 7.11 Å². The first-order valence-corrected chi connectivity index (χ1v) is 21.1. The van der Waals surface area contributed by atoms with Crippen molar-refractivity contribution < 1.29 is 28.2 Å². The molecule has 0 amide bonds. The molecule has 63 heavy (non-hydrogen) atoms. The first-order valence-electron chi connectivity index (χ1n) is 19.5. The van der Waals surface area contributed by atoms with Crippen molar-refractivity contribution in [1.29, 1.82) is 0 Å². The van der Waals surface area contributed by atoms with Gasteiger partial charge in [-0.3, -0.25) is 19.9 Å². The molecule has 2 aliphatic rings. The van der Waals surface area contributed by atoms with Crippen molar-refractivity contribution in [2.45, 2.75) is 50.9 Å². The molecule has 8 rings (SSSR count). The molecule has 0 radical (unpaired) electrons. The fourth-order valence-corrected chi connectivity index (χ4v) is 8.31. The number of aromatic nitrogens is 4. The number of carboxylic acid groups (broad SMARTS) is 1. The molecule has 2 atom stereocenters. The number of nitrogens with one attached hydrogen (secondary N) is 4. The van der Waals surface area contributed by atoms with Crippen LogP contribution in [0.4, 0.5) is 8.78 Å². The summed E-state index contributed by atoms with van der Waals surface area (Å²) in [6, 6.07) is 16.2. The SMILES string of the molecule is COC(=O)c1cnc(CNC(=S)NC2c3cnccc3CCc3c(F)cccc32)c(Cl)c1.O=C(O)c1cnc(CNC(=S)NC2c3cnccc3CCc3c(F)cccc32)c(Cl)c1. The van der Waals surface area contributed by atoms with Gasteiger partial charge in [-0.05, 0) is 120 Å². The Morgan fingerprint density at radius 3 is 1.60 bits per heavy atom. The van der Waals surface area contributed by atoms with Crippen molar-refractivity contribution in [3.63, 3.8) is 0 Å². The van der Waals surface area contributed by atoms with E-state index in [9.17, 15) is 18.4 Å². The molecule has 6 aromatic rings. The summed E-state index contributed by atoms with van der Waals surface area (Å²) in [4.78, 5) is 39.5. The number of aromatic carboxylic acids is 1. The van der Waals surface area contributed by atoms with Crippen molar-refractivity contribution in [3.8, 4) is 0 Å². The first kappa shape index (κ1) is 44.8. The standard InChI is InChI=1S/C23H20ClFN4O2S.C22H18ClFN4O2S/c1-31-22(30)14-9-18(24)20(27-10-14)12-28-23(32)29-21-16-3-2-4-19(25)15(16)6-5-13-7-8-26-11-17(13)21;23-17-8-13(21(29)30)9-26-19(17)11-27-22(31)28-20-15-2-1-3-18(24)14(15)5-4-12-6-7-25-10-16(12)20/h2-4,7-11,21H,5-6,12H2,1H3,(H2,28,29,32);1-3,6-10,20H,4-5,11H2,(H,29,30)(H2,27,28,31). The number of rotatable bonds is 8. The number of pyridine rings is 4. The zero-order valence-corrected chi connectivity index (χ0v) is 36.6. The molecule has 2 unspecified atom stereocenters.